The van der Waals surface area contributed by atoms with E-state index in [4.69, 9.17) is 16.3 Å². The van der Waals surface area contributed by atoms with Crippen LogP contribution in [0.15, 0.2) is 47.4 Å². The number of methoxy groups -OCH3 is 1. The van der Waals surface area contributed by atoms with Crippen LogP contribution in [-0.2, 0) is 14.8 Å². The van der Waals surface area contributed by atoms with E-state index in [0.29, 0.717) is 17.4 Å². The average molecular weight is 479 g/mol. The zero-order valence-electron chi connectivity index (χ0n) is 18.8. The molecular weight excluding hydrogens is 448 g/mol. The Morgan fingerprint density at radius 3 is 2.34 bits per heavy atom. The van der Waals surface area contributed by atoms with Gasteiger partial charge in [0.15, 0.2) is 0 Å². The lowest BCUT2D eigenvalue weighted by Gasteiger charge is -2.33. The molecule has 174 valence electrons. The van der Waals surface area contributed by atoms with E-state index in [1.54, 1.807) is 0 Å². The van der Waals surface area contributed by atoms with Crippen molar-refractivity contribution >= 4 is 33.2 Å². The number of benzene rings is 2. The smallest absolute Gasteiger partial charge is 0.243 e. The van der Waals surface area contributed by atoms with Gasteiger partial charge in [0.2, 0.25) is 15.9 Å². The van der Waals surface area contributed by atoms with E-state index < -0.39 is 10.0 Å². The Morgan fingerprint density at radius 1 is 1.12 bits per heavy atom. The van der Waals surface area contributed by atoms with Crippen molar-refractivity contribution in [1.82, 2.24) is 4.31 Å². The van der Waals surface area contributed by atoms with Crippen molar-refractivity contribution in [2.45, 2.75) is 62.8 Å². The Morgan fingerprint density at radius 2 is 1.78 bits per heavy atom. The molecule has 32 heavy (non-hydrogen) atoms. The van der Waals surface area contributed by atoms with Crippen molar-refractivity contribution in [3.05, 3.63) is 53.1 Å². The van der Waals surface area contributed by atoms with E-state index >= 15 is 0 Å². The molecule has 0 radical (unpaired) electrons. The van der Waals surface area contributed by atoms with Crippen LogP contribution in [0.3, 0.4) is 0 Å². The van der Waals surface area contributed by atoms with Crippen molar-refractivity contribution in [3.8, 4) is 5.75 Å². The highest BCUT2D eigenvalue weighted by molar-refractivity contribution is 7.89. The predicted molar refractivity (Wildman–Crippen MR) is 128 cm³/mol. The molecule has 0 atom stereocenters. The van der Waals surface area contributed by atoms with Crippen LogP contribution in [0, 0.1) is 0 Å². The van der Waals surface area contributed by atoms with Gasteiger partial charge in [-0.3, -0.25) is 4.79 Å². The van der Waals surface area contributed by atoms with Crippen molar-refractivity contribution in [2.75, 3.05) is 19.0 Å². The van der Waals surface area contributed by atoms with E-state index in [0.717, 1.165) is 32.1 Å². The quantitative estimate of drug-likeness (QED) is 0.548. The maximum Gasteiger partial charge on any atom is 0.243 e. The summed E-state index contributed by atoms with van der Waals surface area (Å²) in [4.78, 5) is 12.9. The summed E-state index contributed by atoms with van der Waals surface area (Å²) in [5.74, 6) is 0.427. The summed E-state index contributed by atoms with van der Waals surface area (Å²) < 4.78 is 33.5. The maximum atomic E-state index is 13.5. The number of carbonyl (C=O) groups excluding carboxylic acids is 1. The first kappa shape index (κ1) is 24.6. The molecule has 1 saturated carbocycles. The highest BCUT2D eigenvalue weighted by Crippen LogP contribution is 2.32. The lowest BCUT2D eigenvalue weighted by Crippen LogP contribution is -2.45. The van der Waals surface area contributed by atoms with Crippen LogP contribution >= 0.6 is 11.6 Å². The lowest BCUT2D eigenvalue weighted by atomic mass is 9.95. The molecule has 3 rings (SSSR count). The minimum atomic E-state index is -3.92. The number of anilines is 1. The van der Waals surface area contributed by atoms with E-state index in [9.17, 15) is 13.2 Å². The summed E-state index contributed by atoms with van der Waals surface area (Å²) in [6, 6.07) is 11.8. The van der Waals surface area contributed by atoms with Crippen molar-refractivity contribution in [3.63, 3.8) is 0 Å². The fraction of sp³-hybridized carbons (Fsp3) is 0.458. The zero-order valence-corrected chi connectivity index (χ0v) is 20.4. The number of amides is 1. The molecule has 1 aliphatic carbocycles. The number of rotatable bonds is 8. The molecule has 1 fully saturated rings. The lowest BCUT2D eigenvalue weighted by molar-refractivity contribution is -0.116. The van der Waals surface area contributed by atoms with Gasteiger partial charge in [-0.25, -0.2) is 8.42 Å². The second kappa shape index (κ2) is 10.7. The highest BCUT2D eigenvalue weighted by atomic mass is 35.5. The van der Waals surface area contributed by atoms with E-state index in [1.165, 1.54) is 35.2 Å². The standard InChI is InChI=1S/C24H31ClN2O4S/c1-17(2)18-9-11-19(12-10-18)26-24(28)16-27(20-7-5-4-6-8-20)32(29,30)21-13-14-23(31-3)22(25)15-21/h9-15,17,20H,4-8,16H2,1-3H3,(H,26,28). The molecule has 0 saturated heterocycles. The highest BCUT2D eigenvalue weighted by Gasteiger charge is 2.34. The van der Waals surface area contributed by atoms with E-state index in [-0.39, 0.29) is 28.4 Å². The van der Waals surface area contributed by atoms with Crippen molar-refractivity contribution < 1.29 is 17.9 Å². The first-order valence-electron chi connectivity index (χ1n) is 11.0. The number of sulfonamides is 1. The summed E-state index contributed by atoms with van der Waals surface area (Å²) in [6.45, 7) is 3.96. The Balaban J connectivity index is 1.83. The van der Waals surface area contributed by atoms with Gasteiger partial charge in [-0.2, -0.15) is 4.31 Å². The molecule has 0 aliphatic heterocycles. The summed E-state index contributed by atoms with van der Waals surface area (Å²) in [7, 11) is -2.45. The van der Waals surface area contributed by atoms with Gasteiger partial charge in [0, 0.05) is 11.7 Å². The molecule has 0 spiro atoms. The number of hydrogen-bond acceptors (Lipinski definition) is 4. The molecule has 1 aliphatic rings. The molecule has 2 aromatic rings. The number of nitrogens with zero attached hydrogens (tertiary/aromatic N) is 1. The van der Waals surface area contributed by atoms with Crippen molar-refractivity contribution in [1.29, 1.82) is 0 Å². The molecule has 0 bridgehead atoms. The molecule has 6 nitrogen and oxygen atoms in total. The Hall–Kier alpha value is -2.09. The molecule has 2 aromatic carbocycles. The van der Waals surface area contributed by atoms with Gasteiger partial charge >= 0.3 is 0 Å². The second-order valence-electron chi connectivity index (χ2n) is 8.46. The molecule has 1 amide bonds. The fourth-order valence-corrected chi connectivity index (χ4v) is 6.01. The van der Waals surface area contributed by atoms with Gasteiger partial charge in [-0.1, -0.05) is 56.8 Å². The first-order valence-corrected chi connectivity index (χ1v) is 12.8. The number of carbonyl (C=O) groups is 1. The second-order valence-corrected chi connectivity index (χ2v) is 10.8. The van der Waals surface area contributed by atoms with Gasteiger partial charge in [0.05, 0.1) is 23.6 Å². The topological polar surface area (TPSA) is 75.7 Å². The number of hydrogen-bond donors (Lipinski definition) is 1. The van der Waals surface area contributed by atoms with Gasteiger partial charge in [-0.15, -0.1) is 0 Å². The zero-order chi connectivity index (χ0) is 23.3. The third kappa shape index (κ3) is 5.82. The van der Waals surface area contributed by atoms with Crippen LogP contribution < -0.4 is 10.1 Å². The van der Waals surface area contributed by atoms with Gasteiger partial charge < -0.3 is 10.1 Å². The van der Waals surface area contributed by atoms with Crippen LogP contribution in [0.5, 0.6) is 5.75 Å². The number of nitrogens with one attached hydrogen (secondary N) is 1. The minimum Gasteiger partial charge on any atom is -0.495 e. The van der Waals surface area contributed by atoms with Crippen molar-refractivity contribution in [2.24, 2.45) is 0 Å². The molecule has 0 unspecified atom stereocenters. The molecule has 0 aromatic heterocycles. The minimum absolute atomic E-state index is 0.0583. The first-order chi connectivity index (χ1) is 15.2. The van der Waals surface area contributed by atoms with Gasteiger partial charge in [-0.05, 0) is 54.7 Å². The number of ether oxygens (including phenoxy) is 1. The third-order valence-electron chi connectivity index (χ3n) is 5.87. The predicted octanol–water partition coefficient (Wildman–Crippen LogP) is 5.43. The third-order valence-corrected chi connectivity index (χ3v) is 8.06. The van der Waals surface area contributed by atoms with Crippen LogP contribution in [0.4, 0.5) is 5.69 Å². The normalized spacial score (nSPS) is 15.2. The van der Waals surface area contributed by atoms with Crippen LogP contribution in [-0.4, -0.2) is 38.3 Å². The largest absolute Gasteiger partial charge is 0.495 e. The van der Waals surface area contributed by atoms with Gasteiger partial charge in [0.1, 0.15) is 5.75 Å². The van der Waals surface area contributed by atoms with E-state index in [1.807, 2.05) is 24.3 Å². The summed E-state index contributed by atoms with van der Waals surface area (Å²) in [5, 5.41) is 3.05. The van der Waals surface area contributed by atoms with E-state index in [2.05, 4.69) is 19.2 Å². The number of halogens is 1. The van der Waals surface area contributed by atoms with Crippen LogP contribution in [0.25, 0.3) is 0 Å². The van der Waals surface area contributed by atoms with Gasteiger partial charge in [0.25, 0.3) is 0 Å². The summed E-state index contributed by atoms with van der Waals surface area (Å²) in [5.41, 5.74) is 1.82. The summed E-state index contributed by atoms with van der Waals surface area (Å²) in [6.07, 6.45) is 4.43. The molecule has 0 heterocycles. The van der Waals surface area contributed by atoms with Crippen LogP contribution in [0.2, 0.25) is 5.02 Å². The average Bonchev–Trinajstić information content (AvgIpc) is 2.78. The SMILES string of the molecule is COc1ccc(S(=O)(=O)N(CC(=O)Nc2ccc(C(C)C)cc2)C2CCCCC2)cc1Cl. The Labute approximate surface area is 196 Å². The maximum absolute atomic E-state index is 13.5. The fourth-order valence-electron chi connectivity index (χ4n) is 4.02. The molecule has 1 N–H and O–H groups in total. The van der Waals surface area contributed by atoms with Crippen LogP contribution in [0.1, 0.15) is 57.4 Å². The Bertz CT molecular complexity index is 1030. The Kier molecular flexibility index (Phi) is 8.20. The summed E-state index contributed by atoms with van der Waals surface area (Å²) >= 11 is 6.19. The molecule has 8 heteroatoms. The molecular formula is C24H31ClN2O4S. The monoisotopic (exact) mass is 478 g/mol.